The summed E-state index contributed by atoms with van der Waals surface area (Å²) in [5.41, 5.74) is 1.93. The van der Waals surface area contributed by atoms with Crippen LogP contribution in [0.4, 0.5) is 0 Å². The zero-order valence-corrected chi connectivity index (χ0v) is 13.5. The van der Waals surface area contributed by atoms with E-state index in [-0.39, 0.29) is 4.90 Å². The van der Waals surface area contributed by atoms with Gasteiger partial charge in [-0.25, -0.2) is 13.1 Å². The Morgan fingerprint density at radius 3 is 2.61 bits per heavy atom. The number of sulfone groups is 1. The Labute approximate surface area is 122 Å². The van der Waals surface area contributed by atoms with Crippen LogP contribution in [0.5, 0.6) is 0 Å². The normalized spacial score (nSPS) is 11.7. The zero-order valence-electron chi connectivity index (χ0n) is 9.47. The molecule has 0 aliphatic rings. The fourth-order valence-corrected chi connectivity index (χ4v) is 3.33. The van der Waals surface area contributed by atoms with Crippen molar-refractivity contribution in [3.63, 3.8) is 0 Å². The van der Waals surface area contributed by atoms with Crippen LogP contribution in [0.2, 0.25) is 0 Å². The van der Waals surface area contributed by atoms with E-state index >= 15 is 0 Å². The number of nitrogens with zero attached hydrogens (tertiary/aromatic N) is 2. The van der Waals surface area contributed by atoms with Crippen LogP contribution in [-0.2, 0) is 15.2 Å². The van der Waals surface area contributed by atoms with E-state index in [1.807, 2.05) is 18.2 Å². The standard InChI is InChI=1S/C11H10Br2N2O2S/c1-18(16,17)10-6-14-15(7-10)9-3-2-8(5-12)11(13)4-9/h2-4,6-7H,5H2,1H3. The predicted octanol–water partition coefficient (Wildman–Crippen LogP) is 2.93. The monoisotopic (exact) mass is 392 g/mol. The van der Waals surface area contributed by atoms with Crippen molar-refractivity contribution in [1.29, 1.82) is 0 Å². The number of alkyl halides is 1. The molecular formula is C11H10Br2N2O2S. The Balaban J connectivity index is 2.44. The molecular weight excluding hydrogens is 384 g/mol. The highest BCUT2D eigenvalue weighted by molar-refractivity contribution is 9.10. The lowest BCUT2D eigenvalue weighted by Gasteiger charge is -2.05. The van der Waals surface area contributed by atoms with Gasteiger partial charge in [-0.1, -0.05) is 37.9 Å². The first-order valence-electron chi connectivity index (χ1n) is 5.01. The first-order valence-corrected chi connectivity index (χ1v) is 8.82. The minimum atomic E-state index is -3.22. The van der Waals surface area contributed by atoms with Gasteiger partial charge in [-0.2, -0.15) is 5.10 Å². The number of rotatable bonds is 3. The molecule has 18 heavy (non-hydrogen) atoms. The summed E-state index contributed by atoms with van der Waals surface area (Å²) in [6, 6.07) is 5.74. The lowest BCUT2D eigenvalue weighted by Crippen LogP contribution is -1.97. The van der Waals surface area contributed by atoms with Crippen molar-refractivity contribution >= 4 is 41.7 Å². The van der Waals surface area contributed by atoms with Crippen molar-refractivity contribution in [3.8, 4) is 5.69 Å². The van der Waals surface area contributed by atoms with Crippen LogP contribution < -0.4 is 0 Å². The molecule has 2 aromatic rings. The topological polar surface area (TPSA) is 52.0 Å². The molecule has 96 valence electrons. The smallest absolute Gasteiger partial charge is 0.178 e. The third-order valence-electron chi connectivity index (χ3n) is 2.43. The molecule has 0 aliphatic carbocycles. The number of benzene rings is 1. The van der Waals surface area contributed by atoms with Crippen LogP contribution in [0.25, 0.3) is 5.69 Å². The van der Waals surface area contributed by atoms with Crippen LogP contribution in [0.1, 0.15) is 5.56 Å². The lowest BCUT2D eigenvalue weighted by atomic mass is 10.2. The number of hydrogen-bond acceptors (Lipinski definition) is 3. The summed E-state index contributed by atoms with van der Waals surface area (Å²) < 4.78 is 25.2. The summed E-state index contributed by atoms with van der Waals surface area (Å²) in [7, 11) is -3.22. The number of aromatic nitrogens is 2. The summed E-state index contributed by atoms with van der Waals surface area (Å²) in [6.07, 6.45) is 4.02. The Hall–Kier alpha value is -0.660. The Morgan fingerprint density at radius 1 is 1.39 bits per heavy atom. The van der Waals surface area contributed by atoms with Crippen LogP contribution in [0.15, 0.2) is 40.0 Å². The largest absolute Gasteiger partial charge is 0.240 e. The summed E-state index contributed by atoms with van der Waals surface area (Å²) in [6.45, 7) is 0. The molecule has 0 amide bonds. The molecule has 0 bridgehead atoms. The van der Waals surface area contributed by atoms with E-state index in [2.05, 4.69) is 37.0 Å². The van der Waals surface area contributed by atoms with Gasteiger partial charge in [-0.3, -0.25) is 0 Å². The lowest BCUT2D eigenvalue weighted by molar-refractivity contribution is 0.602. The van der Waals surface area contributed by atoms with Gasteiger partial charge in [0, 0.05) is 22.3 Å². The zero-order chi connectivity index (χ0) is 13.3. The van der Waals surface area contributed by atoms with E-state index in [1.54, 1.807) is 4.68 Å². The highest BCUT2D eigenvalue weighted by Crippen LogP contribution is 2.23. The minimum absolute atomic E-state index is 0.211. The molecule has 0 N–H and O–H groups in total. The van der Waals surface area contributed by atoms with Gasteiger partial charge in [0.25, 0.3) is 0 Å². The van der Waals surface area contributed by atoms with Crippen molar-refractivity contribution in [2.75, 3.05) is 6.26 Å². The molecule has 0 unspecified atom stereocenters. The molecule has 2 rings (SSSR count). The van der Waals surface area contributed by atoms with Gasteiger partial charge in [0.05, 0.1) is 11.9 Å². The molecule has 0 saturated carbocycles. The highest BCUT2D eigenvalue weighted by atomic mass is 79.9. The molecule has 0 saturated heterocycles. The highest BCUT2D eigenvalue weighted by Gasteiger charge is 2.11. The van der Waals surface area contributed by atoms with Crippen LogP contribution in [0, 0.1) is 0 Å². The van der Waals surface area contributed by atoms with Crippen molar-refractivity contribution in [3.05, 3.63) is 40.6 Å². The predicted molar refractivity (Wildman–Crippen MR) is 77.0 cm³/mol. The summed E-state index contributed by atoms with van der Waals surface area (Å²) >= 11 is 6.85. The molecule has 4 nitrogen and oxygen atoms in total. The van der Waals surface area contributed by atoms with Gasteiger partial charge in [0.1, 0.15) is 4.90 Å². The van der Waals surface area contributed by atoms with E-state index < -0.39 is 9.84 Å². The second kappa shape index (κ2) is 5.14. The van der Waals surface area contributed by atoms with Gasteiger partial charge in [0.15, 0.2) is 9.84 Å². The minimum Gasteiger partial charge on any atom is -0.240 e. The first-order chi connectivity index (χ1) is 8.41. The van der Waals surface area contributed by atoms with E-state index in [0.29, 0.717) is 0 Å². The molecule has 0 fully saturated rings. The van der Waals surface area contributed by atoms with Crippen LogP contribution >= 0.6 is 31.9 Å². The van der Waals surface area contributed by atoms with Crippen molar-refractivity contribution in [2.24, 2.45) is 0 Å². The summed E-state index contributed by atoms with van der Waals surface area (Å²) in [5, 5.41) is 4.81. The molecule has 0 spiro atoms. The third-order valence-corrected chi connectivity index (χ3v) is 4.84. The maximum Gasteiger partial charge on any atom is 0.178 e. The summed E-state index contributed by atoms with van der Waals surface area (Å²) in [5.74, 6) is 0. The maximum absolute atomic E-state index is 11.4. The van der Waals surface area contributed by atoms with E-state index in [4.69, 9.17) is 0 Å². The molecule has 1 aromatic carbocycles. The molecule has 0 aliphatic heterocycles. The molecule has 0 atom stereocenters. The molecule has 1 aromatic heterocycles. The van der Waals surface area contributed by atoms with Gasteiger partial charge in [0.2, 0.25) is 0 Å². The Kier molecular flexibility index (Phi) is 3.93. The Morgan fingerprint density at radius 2 is 2.11 bits per heavy atom. The van der Waals surface area contributed by atoms with E-state index in [1.165, 1.54) is 12.4 Å². The third kappa shape index (κ3) is 2.84. The van der Waals surface area contributed by atoms with Crippen molar-refractivity contribution in [2.45, 2.75) is 10.2 Å². The Bertz CT molecular complexity index is 680. The molecule has 1 heterocycles. The van der Waals surface area contributed by atoms with Crippen molar-refractivity contribution in [1.82, 2.24) is 9.78 Å². The number of halogens is 2. The van der Waals surface area contributed by atoms with Gasteiger partial charge in [-0.15, -0.1) is 0 Å². The SMILES string of the molecule is CS(=O)(=O)c1cnn(-c2ccc(CBr)c(Br)c2)c1. The quantitative estimate of drug-likeness (QED) is 0.753. The first kappa shape index (κ1) is 13.8. The van der Waals surface area contributed by atoms with Gasteiger partial charge >= 0.3 is 0 Å². The van der Waals surface area contributed by atoms with Crippen LogP contribution in [0.3, 0.4) is 0 Å². The molecule has 0 radical (unpaired) electrons. The maximum atomic E-state index is 11.4. The van der Waals surface area contributed by atoms with E-state index in [9.17, 15) is 8.42 Å². The number of hydrogen-bond donors (Lipinski definition) is 0. The van der Waals surface area contributed by atoms with Gasteiger partial charge in [-0.05, 0) is 17.7 Å². The van der Waals surface area contributed by atoms with Gasteiger partial charge < -0.3 is 0 Å². The fraction of sp³-hybridized carbons (Fsp3) is 0.182. The molecule has 7 heteroatoms. The average molecular weight is 394 g/mol. The van der Waals surface area contributed by atoms with Crippen molar-refractivity contribution < 1.29 is 8.42 Å². The van der Waals surface area contributed by atoms with Crippen LogP contribution in [-0.4, -0.2) is 24.5 Å². The average Bonchev–Trinajstić information content (AvgIpc) is 2.77. The second-order valence-electron chi connectivity index (χ2n) is 3.80. The second-order valence-corrected chi connectivity index (χ2v) is 7.23. The fourth-order valence-electron chi connectivity index (χ4n) is 1.43. The summed E-state index contributed by atoms with van der Waals surface area (Å²) in [4.78, 5) is 0.211. The van der Waals surface area contributed by atoms with E-state index in [0.717, 1.165) is 27.3 Å².